The summed E-state index contributed by atoms with van der Waals surface area (Å²) in [5, 5.41) is 3.67. The van der Waals surface area contributed by atoms with Crippen LogP contribution in [0.5, 0.6) is 0 Å². The van der Waals surface area contributed by atoms with E-state index in [4.69, 9.17) is 11.6 Å². The monoisotopic (exact) mass is 370 g/mol. The summed E-state index contributed by atoms with van der Waals surface area (Å²) in [7, 11) is 0. The summed E-state index contributed by atoms with van der Waals surface area (Å²) < 4.78 is 0. The molecule has 1 heterocycles. The number of nitrogens with one attached hydrogen (secondary N) is 1. The minimum atomic E-state index is 0.0938. The first-order valence-electron chi connectivity index (χ1n) is 9.47. The number of hydrogen-bond donors (Lipinski definition) is 1. The third-order valence-corrected chi connectivity index (χ3v) is 5.53. The van der Waals surface area contributed by atoms with Gasteiger partial charge >= 0.3 is 0 Å². The maximum atomic E-state index is 12.1. The van der Waals surface area contributed by atoms with Gasteiger partial charge in [-0.3, -0.25) is 4.79 Å². The van der Waals surface area contributed by atoms with Gasteiger partial charge in [-0.15, -0.1) is 0 Å². The first-order valence-corrected chi connectivity index (χ1v) is 9.85. The van der Waals surface area contributed by atoms with Crippen molar-refractivity contribution in [2.45, 2.75) is 32.2 Å². The second-order valence-electron chi connectivity index (χ2n) is 7.09. The van der Waals surface area contributed by atoms with E-state index < -0.39 is 0 Å². The van der Waals surface area contributed by atoms with Crippen molar-refractivity contribution in [2.24, 2.45) is 5.92 Å². The highest BCUT2D eigenvalue weighted by molar-refractivity contribution is 6.31. The third kappa shape index (κ3) is 5.86. The summed E-state index contributed by atoms with van der Waals surface area (Å²) in [6.45, 7) is 3.52. The molecular weight excluding hydrogens is 344 g/mol. The molecular formula is C22H27ClN2O. The largest absolute Gasteiger partial charge is 0.352 e. The molecule has 26 heavy (non-hydrogen) atoms. The predicted octanol–water partition coefficient (Wildman–Crippen LogP) is 4.30. The Kier molecular flexibility index (Phi) is 7.10. The fourth-order valence-corrected chi connectivity index (χ4v) is 3.75. The molecule has 1 amide bonds. The molecule has 0 aliphatic carbocycles. The molecule has 1 fully saturated rings. The van der Waals surface area contributed by atoms with Crippen LogP contribution in [0.25, 0.3) is 0 Å². The molecule has 1 N–H and O–H groups in total. The van der Waals surface area contributed by atoms with Crippen LogP contribution in [0.4, 0.5) is 0 Å². The van der Waals surface area contributed by atoms with Crippen molar-refractivity contribution >= 4 is 17.5 Å². The topological polar surface area (TPSA) is 32.3 Å². The maximum absolute atomic E-state index is 12.1. The highest BCUT2D eigenvalue weighted by Gasteiger charge is 2.19. The zero-order valence-electron chi connectivity index (χ0n) is 15.2. The molecule has 1 aliphatic rings. The Morgan fingerprint density at radius 1 is 1.04 bits per heavy atom. The summed E-state index contributed by atoms with van der Waals surface area (Å²) in [5.41, 5.74) is 2.40. The van der Waals surface area contributed by atoms with E-state index in [0.29, 0.717) is 18.0 Å². The number of carbonyl (C=O) groups is 1. The van der Waals surface area contributed by atoms with Gasteiger partial charge in [-0.05, 0) is 55.5 Å². The number of carbonyl (C=O) groups excluding carboxylic acids is 1. The average Bonchev–Trinajstić information content (AvgIpc) is 2.68. The molecule has 0 radical (unpaired) electrons. The van der Waals surface area contributed by atoms with Crippen LogP contribution in [0.15, 0.2) is 54.6 Å². The average molecular weight is 371 g/mol. The quantitative estimate of drug-likeness (QED) is 0.788. The third-order valence-electron chi connectivity index (χ3n) is 5.16. The molecule has 0 aromatic heterocycles. The molecule has 3 nitrogen and oxygen atoms in total. The van der Waals surface area contributed by atoms with Crippen molar-refractivity contribution in [1.29, 1.82) is 0 Å². The zero-order chi connectivity index (χ0) is 18.2. The van der Waals surface area contributed by atoms with Crippen molar-refractivity contribution in [1.82, 2.24) is 10.2 Å². The molecule has 0 spiro atoms. The second kappa shape index (κ2) is 9.75. The van der Waals surface area contributed by atoms with E-state index in [1.807, 2.05) is 24.3 Å². The van der Waals surface area contributed by atoms with Gasteiger partial charge in [0.05, 0.1) is 0 Å². The van der Waals surface area contributed by atoms with E-state index in [1.54, 1.807) is 0 Å². The minimum absolute atomic E-state index is 0.0938. The van der Waals surface area contributed by atoms with Crippen LogP contribution in [0, 0.1) is 5.92 Å². The number of halogens is 1. The summed E-state index contributed by atoms with van der Waals surface area (Å²) >= 11 is 6.12. The van der Waals surface area contributed by atoms with Crippen LogP contribution < -0.4 is 5.32 Å². The summed E-state index contributed by atoms with van der Waals surface area (Å²) in [6, 6.07) is 18.4. The Labute approximate surface area is 161 Å². The lowest BCUT2D eigenvalue weighted by atomic mass is 9.90. The summed E-state index contributed by atoms with van der Waals surface area (Å²) in [4.78, 5) is 14.5. The molecule has 3 rings (SSSR count). The minimum Gasteiger partial charge on any atom is -0.352 e. The molecule has 1 aliphatic heterocycles. The van der Waals surface area contributed by atoms with Gasteiger partial charge in [-0.1, -0.05) is 60.1 Å². The summed E-state index contributed by atoms with van der Waals surface area (Å²) in [5.74, 6) is 0.860. The standard InChI is InChI=1S/C22H27ClN2O/c23-21-9-5-4-8-20(21)17-24-22(26)12-15-25-13-10-19(11-14-25)16-18-6-2-1-3-7-18/h1-9,19H,10-17H2,(H,24,26). The number of rotatable bonds is 7. The molecule has 4 heteroatoms. The summed E-state index contributed by atoms with van der Waals surface area (Å²) in [6.07, 6.45) is 4.16. The van der Waals surface area contributed by atoms with Crippen LogP contribution in [0.1, 0.15) is 30.4 Å². The van der Waals surface area contributed by atoms with Crippen LogP contribution in [-0.4, -0.2) is 30.4 Å². The SMILES string of the molecule is O=C(CCN1CCC(Cc2ccccc2)CC1)NCc1ccccc1Cl. The molecule has 0 unspecified atom stereocenters. The van der Waals surface area contributed by atoms with E-state index in [-0.39, 0.29) is 5.91 Å². The molecule has 0 saturated carbocycles. The highest BCUT2D eigenvalue weighted by atomic mass is 35.5. The maximum Gasteiger partial charge on any atom is 0.221 e. The molecule has 2 aromatic carbocycles. The van der Waals surface area contributed by atoms with E-state index >= 15 is 0 Å². The lowest BCUT2D eigenvalue weighted by molar-refractivity contribution is -0.121. The number of piperidine rings is 1. The molecule has 0 atom stereocenters. The van der Waals surface area contributed by atoms with Crippen LogP contribution in [-0.2, 0) is 17.8 Å². The van der Waals surface area contributed by atoms with Crippen molar-refractivity contribution in [2.75, 3.05) is 19.6 Å². The van der Waals surface area contributed by atoms with Gasteiger partial charge in [0, 0.05) is 24.5 Å². The molecule has 1 saturated heterocycles. The van der Waals surface area contributed by atoms with Gasteiger partial charge in [0.1, 0.15) is 0 Å². The smallest absolute Gasteiger partial charge is 0.221 e. The van der Waals surface area contributed by atoms with E-state index in [2.05, 4.69) is 40.5 Å². The van der Waals surface area contributed by atoms with E-state index in [1.165, 1.54) is 24.8 Å². The number of amides is 1. The van der Waals surface area contributed by atoms with E-state index in [0.717, 1.165) is 31.1 Å². The second-order valence-corrected chi connectivity index (χ2v) is 7.50. The van der Waals surface area contributed by atoms with Crippen LogP contribution in [0.2, 0.25) is 5.02 Å². The van der Waals surface area contributed by atoms with Gasteiger partial charge < -0.3 is 10.2 Å². The lowest BCUT2D eigenvalue weighted by Crippen LogP contribution is -2.37. The van der Waals surface area contributed by atoms with Crippen LogP contribution in [0.3, 0.4) is 0 Å². The lowest BCUT2D eigenvalue weighted by Gasteiger charge is -2.31. The molecule has 138 valence electrons. The highest BCUT2D eigenvalue weighted by Crippen LogP contribution is 2.21. The number of hydrogen-bond acceptors (Lipinski definition) is 2. The fraction of sp³-hybridized carbons (Fsp3) is 0.409. The van der Waals surface area contributed by atoms with Gasteiger partial charge in [0.25, 0.3) is 0 Å². The molecule has 0 bridgehead atoms. The fourth-order valence-electron chi connectivity index (χ4n) is 3.55. The van der Waals surface area contributed by atoms with E-state index in [9.17, 15) is 4.79 Å². The van der Waals surface area contributed by atoms with Crippen molar-refractivity contribution in [3.05, 3.63) is 70.7 Å². The Balaban J connectivity index is 1.33. The normalized spacial score (nSPS) is 15.7. The van der Waals surface area contributed by atoms with Gasteiger partial charge in [0.15, 0.2) is 0 Å². The van der Waals surface area contributed by atoms with Crippen molar-refractivity contribution < 1.29 is 4.79 Å². The Bertz CT molecular complexity index is 696. The van der Waals surface area contributed by atoms with Gasteiger partial charge in [-0.2, -0.15) is 0 Å². The zero-order valence-corrected chi connectivity index (χ0v) is 15.9. The van der Waals surface area contributed by atoms with Crippen molar-refractivity contribution in [3.8, 4) is 0 Å². The predicted molar refractivity (Wildman–Crippen MR) is 107 cm³/mol. The van der Waals surface area contributed by atoms with Crippen LogP contribution >= 0.6 is 11.6 Å². The number of nitrogens with zero attached hydrogens (tertiary/aromatic N) is 1. The van der Waals surface area contributed by atoms with Gasteiger partial charge in [0.2, 0.25) is 5.91 Å². The van der Waals surface area contributed by atoms with Gasteiger partial charge in [-0.25, -0.2) is 0 Å². The first kappa shape index (κ1) is 18.9. The Morgan fingerprint density at radius 3 is 2.46 bits per heavy atom. The number of benzene rings is 2. The number of likely N-dealkylation sites (tertiary alicyclic amines) is 1. The molecule has 2 aromatic rings. The Hall–Kier alpha value is -1.84. The first-order chi connectivity index (χ1) is 12.7. The van der Waals surface area contributed by atoms with Crippen molar-refractivity contribution in [3.63, 3.8) is 0 Å². The Morgan fingerprint density at radius 2 is 1.73 bits per heavy atom.